The van der Waals surface area contributed by atoms with Crippen LogP contribution in [0.1, 0.15) is 67.9 Å². The molecule has 0 bridgehead atoms. The lowest BCUT2D eigenvalue weighted by molar-refractivity contribution is 0.101. The molecule has 0 spiro atoms. The number of aromatic hydroxyl groups is 2. The zero-order valence-corrected chi connectivity index (χ0v) is 13.5. The minimum absolute atomic E-state index is 0.0213. The Bertz CT molecular complexity index is 471. The Labute approximate surface area is 126 Å². The molecule has 0 aliphatic carbocycles. The average Bonchev–Trinajstić information content (AvgIpc) is 2.44. The molecule has 0 unspecified atom stereocenters. The molecule has 0 atom stereocenters. The fourth-order valence-electron chi connectivity index (χ4n) is 2.56. The molecule has 0 amide bonds. The van der Waals surface area contributed by atoms with Crippen LogP contribution in [0.4, 0.5) is 0 Å². The lowest BCUT2D eigenvalue weighted by Crippen LogP contribution is -2.05. The highest BCUT2D eigenvalue weighted by molar-refractivity contribution is 6.01. The van der Waals surface area contributed by atoms with Crippen LogP contribution in [-0.4, -0.2) is 23.1 Å². The zero-order valence-electron chi connectivity index (χ0n) is 13.5. The minimum Gasteiger partial charge on any atom is -0.507 e. The standard InChI is InChI=1S/C17H26O4/c1-5-7-9-12-15(19)14(11(3)18)16(20)13(10-8-6-2)17(12)21-4/h19-20H,5-10H2,1-4H3. The van der Waals surface area contributed by atoms with Gasteiger partial charge in [0, 0.05) is 11.1 Å². The van der Waals surface area contributed by atoms with Gasteiger partial charge in [0.15, 0.2) is 5.78 Å². The Morgan fingerprint density at radius 1 is 1.00 bits per heavy atom. The van der Waals surface area contributed by atoms with Gasteiger partial charge in [0.1, 0.15) is 22.8 Å². The van der Waals surface area contributed by atoms with Crippen molar-refractivity contribution in [3.8, 4) is 17.2 Å². The van der Waals surface area contributed by atoms with Crippen molar-refractivity contribution in [1.82, 2.24) is 0 Å². The molecule has 0 heterocycles. The number of phenolic OH excluding ortho intramolecular Hbond substituents is 2. The molecule has 1 aromatic carbocycles. The smallest absolute Gasteiger partial charge is 0.167 e. The Kier molecular flexibility index (Phi) is 6.53. The third-order valence-corrected chi connectivity index (χ3v) is 3.71. The molecule has 0 aromatic heterocycles. The first-order valence-corrected chi connectivity index (χ1v) is 7.64. The van der Waals surface area contributed by atoms with Gasteiger partial charge < -0.3 is 14.9 Å². The van der Waals surface area contributed by atoms with Crippen LogP contribution in [-0.2, 0) is 12.8 Å². The van der Waals surface area contributed by atoms with E-state index in [2.05, 4.69) is 13.8 Å². The van der Waals surface area contributed by atoms with Crippen molar-refractivity contribution in [2.75, 3.05) is 7.11 Å². The number of rotatable bonds is 8. The third kappa shape index (κ3) is 3.69. The largest absolute Gasteiger partial charge is 0.507 e. The second-order valence-corrected chi connectivity index (χ2v) is 5.33. The van der Waals surface area contributed by atoms with Gasteiger partial charge in [-0.25, -0.2) is 0 Å². The summed E-state index contributed by atoms with van der Waals surface area (Å²) in [7, 11) is 1.53. The van der Waals surface area contributed by atoms with E-state index in [1.807, 2.05) is 0 Å². The highest BCUT2D eigenvalue weighted by Gasteiger charge is 2.25. The first kappa shape index (κ1) is 17.3. The van der Waals surface area contributed by atoms with Gasteiger partial charge in [0.25, 0.3) is 0 Å². The van der Waals surface area contributed by atoms with Crippen LogP contribution in [0.25, 0.3) is 0 Å². The number of methoxy groups -OCH3 is 1. The van der Waals surface area contributed by atoms with E-state index in [9.17, 15) is 15.0 Å². The number of ether oxygens (including phenoxy) is 1. The molecule has 0 saturated heterocycles. The van der Waals surface area contributed by atoms with Gasteiger partial charge >= 0.3 is 0 Å². The van der Waals surface area contributed by atoms with E-state index in [-0.39, 0.29) is 22.8 Å². The van der Waals surface area contributed by atoms with Gasteiger partial charge in [-0.15, -0.1) is 0 Å². The minimum atomic E-state index is -0.330. The maximum Gasteiger partial charge on any atom is 0.167 e. The number of benzene rings is 1. The number of hydrogen-bond acceptors (Lipinski definition) is 4. The fraction of sp³-hybridized carbons (Fsp3) is 0.588. The van der Waals surface area contributed by atoms with Crippen molar-refractivity contribution in [2.24, 2.45) is 0 Å². The molecule has 0 fully saturated rings. The topological polar surface area (TPSA) is 66.8 Å². The van der Waals surface area contributed by atoms with Crippen LogP contribution in [0.3, 0.4) is 0 Å². The summed E-state index contributed by atoms with van der Waals surface area (Å²) in [6.07, 6.45) is 4.99. The summed E-state index contributed by atoms with van der Waals surface area (Å²) in [6.45, 7) is 5.48. The van der Waals surface area contributed by atoms with Crippen LogP contribution in [0.5, 0.6) is 17.2 Å². The Hall–Kier alpha value is -1.71. The van der Waals surface area contributed by atoms with E-state index in [1.54, 1.807) is 0 Å². The van der Waals surface area contributed by atoms with Crippen molar-refractivity contribution in [3.05, 3.63) is 16.7 Å². The summed E-state index contributed by atoms with van der Waals surface area (Å²) in [4.78, 5) is 11.8. The number of ketones is 1. The van der Waals surface area contributed by atoms with Crippen molar-refractivity contribution in [1.29, 1.82) is 0 Å². The molecule has 0 saturated carbocycles. The Morgan fingerprint density at radius 3 is 1.71 bits per heavy atom. The molecule has 4 heteroatoms. The predicted molar refractivity (Wildman–Crippen MR) is 83.6 cm³/mol. The maximum atomic E-state index is 11.8. The molecule has 118 valence electrons. The SMILES string of the molecule is CCCCc1c(O)c(C(C)=O)c(O)c(CCCC)c1OC. The number of hydrogen-bond donors (Lipinski definition) is 2. The molecule has 1 rings (SSSR count). The number of unbranched alkanes of at least 4 members (excludes halogenated alkanes) is 2. The highest BCUT2D eigenvalue weighted by atomic mass is 16.5. The monoisotopic (exact) mass is 294 g/mol. The first-order valence-electron chi connectivity index (χ1n) is 7.64. The summed E-state index contributed by atoms with van der Waals surface area (Å²) in [6, 6.07) is 0. The number of carbonyl (C=O) groups is 1. The van der Waals surface area contributed by atoms with Gasteiger partial charge in [0.2, 0.25) is 0 Å². The predicted octanol–water partition coefficient (Wildman–Crippen LogP) is 3.99. The summed E-state index contributed by atoms with van der Waals surface area (Å²) in [5.74, 6) is -0.0730. The molecule has 4 nitrogen and oxygen atoms in total. The van der Waals surface area contributed by atoms with Gasteiger partial charge in [-0.2, -0.15) is 0 Å². The number of Topliss-reactive ketones (excluding diaryl/α,β-unsaturated/α-hetero) is 1. The molecular weight excluding hydrogens is 268 g/mol. The van der Waals surface area contributed by atoms with Gasteiger partial charge in [-0.1, -0.05) is 26.7 Å². The summed E-state index contributed by atoms with van der Waals surface area (Å²) >= 11 is 0. The second kappa shape index (κ2) is 7.91. The Balaban J connectivity index is 3.52. The maximum absolute atomic E-state index is 11.8. The van der Waals surface area contributed by atoms with E-state index in [4.69, 9.17) is 4.74 Å². The summed E-state index contributed by atoms with van der Waals surface area (Å²) in [5, 5.41) is 20.7. The van der Waals surface area contributed by atoms with E-state index in [0.29, 0.717) is 29.7 Å². The van der Waals surface area contributed by atoms with Crippen LogP contribution in [0, 0.1) is 0 Å². The van der Waals surface area contributed by atoms with E-state index < -0.39 is 0 Å². The van der Waals surface area contributed by atoms with E-state index in [0.717, 1.165) is 25.7 Å². The lowest BCUT2D eigenvalue weighted by atomic mass is 9.93. The molecule has 2 N–H and O–H groups in total. The van der Waals surface area contributed by atoms with Crippen molar-refractivity contribution >= 4 is 5.78 Å². The van der Waals surface area contributed by atoms with Crippen LogP contribution >= 0.6 is 0 Å². The second-order valence-electron chi connectivity index (χ2n) is 5.33. The lowest BCUT2D eigenvalue weighted by Gasteiger charge is -2.19. The van der Waals surface area contributed by atoms with Crippen LogP contribution < -0.4 is 4.74 Å². The van der Waals surface area contributed by atoms with Gasteiger partial charge in [0.05, 0.1) is 7.11 Å². The molecule has 0 aliphatic rings. The summed E-state index contributed by atoms with van der Waals surface area (Å²) in [5.41, 5.74) is 1.29. The van der Waals surface area contributed by atoms with E-state index >= 15 is 0 Å². The molecule has 1 aromatic rings. The van der Waals surface area contributed by atoms with Crippen LogP contribution in [0.2, 0.25) is 0 Å². The molecule has 0 aliphatic heterocycles. The van der Waals surface area contributed by atoms with E-state index in [1.165, 1.54) is 14.0 Å². The zero-order chi connectivity index (χ0) is 16.0. The quantitative estimate of drug-likeness (QED) is 0.711. The molecule has 0 radical (unpaired) electrons. The molecule has 21 heavy (non-hydrogen) atoms. The van der Waals surface area contributed by atoms with Crippen LogP contribution in [0.15, 0.2) is 0 Å². The number of phenols is 2. The Morgan fingerprint density at radius 2 is 1.43 bits per heavy atom. The average molecular weight is 294 g/mol. The highest BCUT2D eigenvalue weighted by Crippen LogP contribution is 2.44. The molecular formula is C17H26O4. The number of carbonyl (C=O) groups excluding carboxylic acids is 1. The van der Waals surface area contributed by atoms with Gasteiger partial charge in [-0.3, -0.25) is 4.79 Å². The van der Waals surface area contributed by atoms with Crippen molar-refractivity contribution in [3.63, 3.8) is 0 Å². The van der Waals surface area contributed by atoms with Crippen molar-refractivity contribution < 1.29 is 19.7 Å². The van der Waals surface area contributed by atoms with Crippen molar-refractivity contribution in [2.45, 2.75) is 59.3 Å². The van der Waals surface area contributed by atoms with Gasteiger partial charge in [-0.05, 0) is 32.6 Å². The normalized spacial score (nSPS) is 10.7. The third-order valence-electron chi connectivity index (χ3n) is 3.71. The first-order chi connectivity index (χ1) is 9.99. The summed E-state index contributed by atoms with van der Waals surface area (Å²) < 4.78 is 5.44. The fourth-order valence-corrected chi connectivity index (χ4v) is 2.56.